The molecule has 20 heavy (non-hydrogen) atoms. The lowest BCUT2D eigenvalue weighted by Crippen LogP contribution is -2.45. The fourth-order valence-electron chi connectivity index (χ4n) is 2.51. The second kappa shape index (κ2) is 7.26. The molecule has 4 nitrogen and oxygen atoms in total. The molecule has 0 saturated carbocycles. The Labute approximate surface area is 118 Å². The lowest BCUT2D eigenvalue weighted by molar-refractivity contribution is -0.159. The van der Waals surface area contributed by atoms with Gasteiger partial charge in [-0.25, -0.2) is 0 Å². The van der Waals surface area contributed by atoms with Crippen LogP contribution >= 0.6 is 0 Å². The molecule has 0 aromatic rings. The average Bonchev–Trinajstić information content (AvgIpc) is 2.28. The molecule has 1 rings (SSSR count). The fourth-order valence-corrected chi connectivity index (χ4v) is 2.51. The third kappa shape index (κ3) is 6.56. The maximum absolute atomic E-state index is 12.2. The average molecular weight is 295 g/mol. The molecule has 0 aromatic heterocycles. The van der Waals surface area contributed by atoms with E-state index in [0.717, 1.165) is 37.4 Å². The lowest BCUT2D eigenvalue weighted by Gasteiger charge is -2.33. The quantitative estimate of drug-likeness (QED) is 0.764. The van der Waals surface area contributed by atoms with E-state index in [1.807, 2.05) is 19.0 Å². The number of amides is 1. The van der Waals surface area contributed by atoms with E-state index in [9.17, 15) is 18.0 Å². The number of piperidine rings is 1. The Morgan fingerprint density at radius 1 is 1.20 bits per heavy atom. The van der Waals surface area contributed by atoms with Crippen LogP contribution in [0.15, 0.2) is 0 Å². The van der Waals surface area contributed by atoms with Gasteiger partial charge in [-0.2, -0.15) is 13.2 Å². The highest BCUT2D eigenvalue weighted by Crippen LogP contribution is 2.18. The summed E-state index contributed by atoms with van der Waals surface area (Å²) < 4.78 is 36.6. The van der Waals surface area contributed by atoms with Crippen molar-refractivity contribution in [3.8, 4) is 0 Å². The molecule has 1 aliphatic heterocycles. The maximum Gasteiger partial charge on any atom is 0.406 e. The van der Waals surface area contributed by atoms with Gasteiger partial charge >= 0.3 is 6.18 Å². The van der Waals surface area contributed by atoms with Gasteiger partial charge in [-0.1, -0.05) is 0 Å². The monoisotopic (exact) mass is 295 g/mol. The Morgan fingerprint density at radius 2 is 1.75 bits per heavy atom. The Bertz CT molecular complexity index is 312. The molecule has 1 amide bonds. The molecule has 0 unspecified atom stereocenters. The van der Waals surface area contributed by atoms with Crippen LogP contribution in [0.5, 0.6) is 0 Å². The van der Waals surface area contributed by atoms with Crippen LogP contribution in [-0.2, 0) is 4.79 Å². The number of likely N-dealkylation sites (tertiary alicyclic amines) is 1. The molecule has 1 aliphatic rings. The molecule has 0 aliphatic carbocycles. The van der Waals surface area contributed by atoms with Gasteiger partial charge in [0.15, 0.2) is 0 Å². The molecule has 7 heteroatoms. The summed E-state index contributed by atoms with van der Waals surface area (Å²) in [6.45, 7) is 1.49. The van der Waals surface area contributed by atoms with E-state index in [4.69, 9.17) is 0 Å². The minimum absolute atomic E-state index is 0.0846. The number of hydrogen-bond donors (Lipinski definition) is 0. The minimum Gasteiger partial charge on any atom is -0.336 e. The van der Waals surface area contributed by atoms with Gasteiger partial charge in [0.2, 0.25) is 5.91 Å². The first-order valence-electron chi connectivity index (χ1n) is 6.85. The van der Waals surface area contributed by atoms with Gasteiger partial charge in [-0.15, -0.1) is 0 Å². The Morgan fingerprint density at radius 3 is 2.20 bits per heavy atom. The van der Waals surface area contributed by atoms with E-state index in [-0.39, 0.29) is 6.54 Å². The zero-order valence-electron chi connectivity index (χ0n) is 12.4. The van der Waals surface area contributed by atoms with Crippen LogP contribution in [0.1, 0.15) is 12.8 Å². The van der Waals surface area contributed by atoms with Gasteiger partial charge in [-0.05, 0) is 45.9 Å². The Balaban J connectivity index is 2.31. The van der Waals surface area contributed by atoms with Crippen LogP contribution in [0.25, 0.3) is 0 Å². The summed E-state index contributed by atoms with van der Waals surface area (Å²) in [6, 6.07) is 0. The lowest BCUT2D eigenvalue weighted by atomic mass is 9.96. The van der Waals surface area contributed by atoms with Crippen LogP contribution in [-0.4, -0.2) is 80.7 Å². The van der Waals surface area contributed by atoms with Gasteiger partial charge in [0.05, 0.1) is 6.54 Å². The number of rotatable bonds is 5. The highest BCUT2D eigenvalue weighted by molar-refractivity contribution is 5.78. The largest absolute Gasteiger partial charge is 0.406 e. The van der Waals surface area contributed by atoms with Crippen molar-refractivity contribution >= 4 is 5.91 Å². The van der Waals surface area contributed by atoms with E-state index >= 15 is 0 Å². The van der Waals surface area contributed by atoms with Crippen LogP contribution in [0.3, 0.4) is 0 Å². The highest BCUT2D eigenvalue weighted by atomic mass is 19.4. The maximum atomic E-state index is 12.2. The molecule has 0 radical (unpaired) electrons. The molecule has 1 saturated heterocycles. The summed E-state index contributed by atoms with van der Waals surface area (Å²) in [6.07, 6.45) is -2.34. The standard InChI is InChI=1S/C13H24F3N3O/c1-17(2)8-11-4-6-19(7-5-11)9-12(20)18(3)10-13(14,15)16/h11H,4-10H2,1-3H3. The molecule has 1 fully saturated rings. The van der Waals surface area contributed by atoms with Crippen molar-refractivity contribution in [2.24, 2.45) is 5.92 Å². The van der Waals surface area contributed by atoms with Gasteiger partial charge in [-0.3, -0.25) is 9.69 Å². The minimum atomic E-state index is -4.33. The molecule has 0 aromatic carbocycles. The van der Waals surface area contributed by atoms with Gasteiger partial charge < -0.3 is 9.80 Å². The first kappa shape index (κ1) is 17.2. The second-order valence-electron chi connectivity index (χ2n) is 5.85. The third-order valence-electron chi connectivity index (χ3n) is 3.53. The van der Waals surface area contributed by atoms with Crippen LogP contribution in [0.2, 0.25) is 0 Å². The number of alkyl halides is 3. The number of nitrogens with zero attached hydrogens (tertiary/aromatic N) is 3. The number of carbonyl (C=O) groups is 1. The highest BCUT2D eigenvalue weighted by Gasteiger charge is 2.32. The number of hydrogen-bond acceptors (Lipinski definition) is 3. The summed E-state index contributed by atoms with van der Waals surface area (Å²) in [5.41, 5.74) is 0. The molecule has 0 atom stereocenters. The van der Waals surface area contributed by atoms with E-state index in [1.165, 1.54) is 7.05 Å². The normalized spacial score (nSPS) is 18.6. The van der Waals surface area contributed by atoms with E-state index in [2.05, 4.69) is 4.90 Å². The second-order valence-corrected chi connectivity index (χ2v) is 5.85. The zero-order chi connectivity index (χ0) is 15.3. The zero-order valence-corrected chi connectivity index (χ0v) is 12.4. The fraction of sp³-hybridized carbons (Fsp3) is 0.923. The Kier molecular flexibility index (Phi) is 6.26. The molecular formula is C13H24F3N3O. The molecule has 1 heterocycles. The van der Waals surface area contributed by atoms with Gasteiger partial charge in [0.1, 0.15) is 6.54 Å². The number of likely N-dealkylation sites (N-methyl/N-ethyl adjacent to an activating group) is 1. The van der Waals surface area contributed by atoms with Crippen molar-refractivity contribution in [3.05, 3.63) is 0 Å². The van der Waals surface area contributed by atoms with Crippen molar-refractivity contribution in [2.45, 2.75) is 19.0 Å². The third-order valence-corrected chi connectivity index (χ3v) is 3.53. The summed E-state index contributed by atoms with van der Waals surface area (Å²) in [5.74, 6) is 0.151. The smallest absolute Gasteiger partial charge is 0.336 e. The molecule has 118 valence electrons. The number of halogens is 3. The predicted molar refractivity (Wildman–Crippen MR) is 71.4 cm³/mol. The predicted octanol–water partition coefficient (Wildman–Crippen LogP) is 1.28. The topological polar surface area (TPSA) is 26.8 Å². The van der Waals surface area contributed by atoms with Gasteiger partial charge in [0.25, 0.3) is 0 Å². The van der Waals surface area contributed by atoms with E-state index in [1.54, 1.807) is 0 Å². The van der Waals surface area contributed by atoms with Crippen LogP contribution < -0.4 is 0 Å². The SMILES string of the molecule is CN(C)CC1CCN(CC(=O)N(C)CC(F)(F)F)CC1. The first-order chi connectivity index (χ1) is 9.17. The summed E-state index contributed by atoms with van der Waals surface area (Å²) in [5, 5.41) is 0. The summed E-state index contributed by atoms with van der Waals surface area (Å²) in [7, 11) is 5.26. The van der Waals surface area contributed by atoms with Crippen molar-refractivity contribution < 1.29 is 18.0 Å². The van der Waals surface area contributed by atoms with Crippen LogP contribution in [0.4, 0.5) is 13.2 Å². The van der Waals surface area contributed by atoms with Crippen molar-refractivity contribution in [3.63, 3.8) is 0 Å². The first-order valence-corrected chi connectivity index (χ1v) is 6.85. The molecule has 0 bridgehead atoms. The van der Waals surface area contributed by atoms with Crippen molar-refractivity contribution in [1.82, 2.24) is 14.7 Å². The van der Waals surface area contributed by atoms with Crippen molar-refractivity contribution in [1.29, 1.82) is 0 Å². The summed E-state index contributed by atoms with van der Waals surface area (Å²) >= 11 is 0. The van der Waals surface area contributed by atoms with E-state index in [0.29, 0.717) is 5.92 Å². The van der Waals surface area contributed by atoms with E-state index < -0.39 is 18.6 Å². The molecule has 0 N–H and O–H groups in total. The van der Waals surface area contributed by atoms with Gasteiger partial charge in [0, 0.05) is 13.6 Å². The van der Waals surface area contributed by atoms with Crippen molar-refractivity contribution in [2.75, 3.05) is 53.9 Å². The van der Waals surface area contributed by atoms with Crippen LogP contribution in [0, 0.1) is 5.92 Å². The Hall–Kier alpha value is -0.820. The molecular weight excluding hydrogens is 271 g/mol. The summed E-state index contributed by atoms with van der Waals surface area (Å²) in [4.78, 5) is 16.6. The molecule has 0 spiro atoms. The number of carbonyl (C=O) groups excluding carboxylic acids is 1.